The van der Waals surface area contributed by atoms with Gasteiger partial charge < -0.3 is 10.3 Å². The minimum Gasteiger partial charge on any atom is -0.354 e. The molecule has 0 saturated heterocycles. The second-order valence-corrected chi connectivity index (χ2v) is 7.54. The number of carbonyl (C=O) groups is 2. The van der Waals surface area contributed by atoms with Crippen LogP contribution in [0.3, 0.4) is 0 Å². The van der Waals surface area contributed by atoms with Crippen molar-refractivity contribution >= 4 is 34.6 Å². The molecule has 1 aliphatic rings. The van der Waals surface area contributed by atoms with Crippen molar-refractivity contribution in [1.82, 2.24) is 10.4 Å². The zero-order valence-electron chi connectivity index (χ0n) is 17.1. The van der Waals surface area contributed by atoms with E-state index in [4.69, 9.17) is 0 Å². The molecule has 0 saturated carbocycles. The molecule has 0 fully saturated rings. The van der Waals surface area contributed by atoms with Crippen molar-refractivity contribution in [1.29, 1.82) is 0 Å². The fourth-order valence-corrected chi connectivity index (χ4v) is 3.91. The second kappa shape index (κ2) is 7.84. The van der Waals surface area contributed by atoms with Crippen molar-refractivity contribution in [2.24, 2.45) is 5.10 Å². The van der Waals surface area contributed by atoms with E-state index in [1.54, 1.807) is 0 Å². The van der Waals surface area contributed by atoms with Gasteiger partial charge in [-0.25, -0.2) is 9.82 Å². The molecule has 2 amide bonds. The summed E-state index contributed by atoms with van der Waals surface area (Å²) in [7, 11) is 0. The maximum atomic E-state index is 14.4. The molecule has 1 aromatic heterocycles. The van der Waals surface area contributed by atoms with Crippen LogP contribution >= 0.6 is 0 Å². The highest BCUT2D eigenvalue weighted by atomic mass is 19.4. The van der Waals surface area contributed by atoms with Crippen LogP contribution in [-0.4, -0.2) is 23.0 Å². The van der Waals surface area contributed by atoms with Gasteiger partial charge in [0.25, 0.3) is 11.8 Å². The standard InChI is InChI=1S/C24H14F4N4O2/c25-20-14(7-4-8-17(20)24(26,27)28)22(33)30-13-9-15-19-16(11-29-32-23(15)34)21(31-18(19)10-13)12-5-2-1-3-6-12/h1-11,31H,(H,30,33)(H,32,34). The van der Waals surface area contributed by atoms with Crippen LogP contribution in [0.4, 0.5) is 23.2 Å². The smallest absolute Gasteiger partial charge is 0.354 e. The first-order valence-electron chi connectivity index (χ1n) is 9.99. The molecular formula is C24H14F4N4O2. The number of nitrogens with one attached hydrogen (secondary N) is 3. The number of benzene rings is 3. The predicted octanol–water partition coefficient (Wildman–Crippen LogP) is 5.32. The number of H-pyrrole nitrogens is 1. The summed E-state index contributed by atoms with van der Waals surface area (Å²) in [6.07, 6.45) is -3.44. The fraction of sp³-hybridized carbons (Fsp3) is 0.0417. The molecule has 0 aliphatic carbocycles. The van der Waals surface area contributed by atoms with E-state index in [0.717, 1.165) is 17.7 Å². The van der Waals surface area contributed by atoms with E-state index >= 15 is 0 Å². The van der Waals surface area contributed by atoms with E-state index in [-0.39, 0.29) is 11.3 Å². The van der Waals surface area contributed by atoms with Crippen LogP contribution < -0.4 is 10.7 Å². The summed E-state index contributed by atoms with van der Waals surface area (Å²) in [5.74, 6) is -3.30. The van der Waals surface area contributed by atoms with E-state index in [1.165, 1.54) is 18.3 Å². The Morgan fingerprint density at radius 2 is 1.76 bits per heavy atom. The first-order valence-corrected chi connectivity index (χ1v) is 9.99. The van der Waals surface area contributed by atoms with Gasteiger partial charge in [0.15, 0.2) is 0 Å². The average Bonchev–Trinajstić information content (AvgIpc) is 3.07. The number of rotatable bonds is 3. The number of hydrazone groups is 1. The van der Waals surface area contributed by atoms with Crippen LogP contribution in [0.25, 0.3) is 22.2 Å². The van der Waals surface area contributed by atoms with Crippen LogP contribution in [0, 0.1) is 5.82 Å². The van der Waals surface area contributed by atoms with Crippen LogP contribution in [-0.2, 0) is 6.18 Å². The molecule has 5 rings (SSSR count). The largest absolute Gasteiger partial charge is 0.419 e. The van der Waals surface area contributed by atoms with Crippen LogP contribution in [0.15, 0.2) is 65.8 Å². The lowest BCUT2D eigenvalue weighted by Gasteiger charge is -2.12. The Morgan fingerprint density at radius 1 is 1.00 bits per heavy atom. The third-order valence-corrected chi connectivity index (χ3v) is 5.41. The van der Waals surface area contributed by atoms with Crippen LogP contribution in [0.5, 0.6) is 0 Å². The van der Waals surface area contributed by atoms with Gasteiger partial charge in [-0.05, 0) is 29.8 Å². The van der Waals surface area contributed by atoms with Crippen molar-refractivity contribution in [3.8, 4) is 11.3 Å². The first-order chi connectivity index (χ1) is 16.2. The Balaban J connectivity index is 1.60. The van der Waals surface area contributed by atoms with E-state index < -0.39 is 34.9 Å². The molecule has 0 atom stereocenters. The van der Waals surface area contributed by atoms with Gasteiger partial charge in [0, 0.05) is 22.2 Å². The van der Waals surface area contributed by atoms with Gasteiger partial charge in [-0.2, -0.15) is 18.3 Å². The number of aromatic amines is 1. The molecule has 0 radical (unpaired) electrons. The SMILES string of the molecule is O=C(Nc1cc2c3c(c(-c4ccccc4)[nH]c3c1)C=NNC2=O)c1cccc(C(F)(F)F)c1F. The molecule has 4 aromatic rings. The highest BCUT2D eigenvalue weighted by molar-refractivity contribution is 6.18. The quantitative estimate of drug-likeness (QED) is 0.357. The Bertz CT molecular complexity index is 1490. The number of anilines is 1. The lowest BCUT2D eigenvalue weighted by Crippen LogP contribution is -2.19. The topological polar surface area (TPSA) is 86.3 Å². The molecular weight excluding hydrogens is 452 g/mol. The minimum absolute atomic E-state index is 0.0915. The van der Waals surface area contributed by atoms with E-state index in [0.29, 0.717) is 28.2 Å². The minimum atomic E-state index is -4.95. The molecule has 3 aromatic carbocycles. The summed E-state index contributed by atoms with van der Waals surface area (Å²) in [5.41, 5.74) is 2.99. The van der Waals surface area contributed by atoms with Gasteiger partial charge in [0.1, 0.15) is 5.82 Å². The molecule has 10 heteroatoms. The summed E-state index contributed by atoms with van der Waals surface area (Å²) in [6, 6.07) is 14.6. The maximum Gasteiger partial charge on any atom is 0.419 e. The zero-order valence-corrected chi connectivity index (χ0v) is 17.1. The van der Waals surface area contributed by atoms with Gasteiger partial charge in [-0.15, -0.1) is 0 Å². The first kappa shape index (κ1) is 21.4. The molecule has 170 valence electrons. The Morgan fingerprint density at radius 3 is 2.50 bits per heavy atom. The number of hydrogen-bond donors (Lipinski definition) is 3. The molecule has 0 unspecified atom stereocenters. The van der Waals surface area contributed by atoms with Gasteiger partial charge in [-0.1, -0.05) is 36.4 Å². The summed E-state index contributed by atoms with van der Waals surface area (Å²) in [6.45, 7) is 0. The van der Waals surface area contributed by atoms with E-state index in [2.05, 4.69) is 20.8 Å². The van der Waals surface area contributed by atoms with Crippen LogP contribution in [0.1, 0.15) is 31.8 Å². The number of nitrogens with zero attached hydrogens (tertiary/aromatic N) is 1. The van der Waals surface area contributed by atoms with Gasteiger partial charge in [0.05, 0.1) is 28.6 Å². The summed E-state index contributed by atoms with van der Waals surface area (Å²) in [4.78, 5) is 28.5. The van der Waals surface area contributed by atoms with Gasteiger partial charge in [0.2, 0.25) is 0 Å². The highest BCUT2D eigenvalue weighted by Crippen LogP contribution is 2.35. The van der Waals surface area contributed by atoms with Crippen molar-refractivity contribution in [2.45, 2.75) is 6.18 Å². The second-order valence-electron chi connectivity index (χ2n) is 7.54. The van der Waals surface area contributed by atoms with Crippen molar-refractivity contribution in [3.05, 3.63) is 88.7 Å². The molecule has 0 bridgehead atoms. The fourth-order valence-electron chi connectivity index (χ4n) is 3.91. The molecule has 1 aliphatic heterocycles. The summed E-state index contributed by atoms with van der Waals surface area (Å²) < 4.78 is 53.5. The van der Waals surface area contributed by atoms with E-state index in [9.17, 15) is 27.2 Å². The van der Waals surface area contributed by atoms with Crippen molar-refractivity contribution < 1.29 is 27.2 Å². The lowest BCUT2D eigenvalue weighted by atomic mass is 10.0. The van der Waals surface area contributed by atoms with Gasteiger partial charge >= 0.3 is 6.18 Å². The number of carbonyl (C=O) groups excluding carboxylic acids is 2. The number of alkyl halides is 3. The molecule has 2 heterocycles. The maximum absolute atomic E-state index is 14.4. The van der Waals surface area contributed by atoms with Crippen molar-refractivity contribution in [2.75, 3.05) is 5.32 Å². The third kappa shape index (κ3) is 3.58. The molecule has 6 nitrogen and oxygen atoms in total. The molecule has 3 N–H and O–H groups in total. The predicted molar refractivity (Wildman–Crippen MR) is 118 cm³/mol. The molecule has 0 spiro atoms. The third-order valence-electron chi connectivity index (χ3n) is 5.41. The lowest BCUT2D eigenvalue weighted by molar-refractivity contribution is -0.140. The van der Waals surface area contributed by atoms with Crippen molar-refractivity contribution in [3.63, 3.8) is 0 Å². The number of amides is 2. The van der Waals surface area contributed by atoms with Crippen LogP contribution in [0.2, 0.25) is 0 Å². The molecule has 34 heavy (non-hydrogen) atoms. The van der Waals surface area contributed by atoms with E-state index in [1.807, 2.05) is 30.3 Å². The number of hydrogen-bond acceptors (Lipinski definition) is 3. The average molecular weight is 466 g/mol. The Labute approximate surface area is 189 Å². The highest BCUT2D eigenvalue weighted by Gasteiger charge is 2.35. The number of aromatic nitrogens is 1. The zero-order chi connectivity index (χ0) is 24.0. The normalized spacial score (nSPS) is 13.0. The summed E-state index contributed by atoms with van der Waals surface area (Å²) in [5, 5.41) is 6.89. The Kier molecular flexibility index (Phi) is 4.93. The summed E-state index contributed by atoms with van der Waals surface area (Å²) >= 11 is 0. The Hall–Kier alpha value is -4.47. The van der Waals surface area contributed by atoms with Gasteiger partial charge in [-0.3, -0.25) is 9.59 Å². The number of halogens is 4. The monoisotopic (exact) mass is 466 g/mol.